The molecule has 27 heavy (non-hydrogen) atoms. The summed E-state index contributed by atoms with van der Waals surface area (Å²) in [7, 11) is 0. The lowest BCUT2D eigenvalue weighted by atomic mass is 10.1. The molecule has 0 bridgehead atoms. The van der Waals surface area contributed by atoms with E-state index in [0.717, 1.165) is 29.9 Å². The maximum atomic E-state index is 13.1. The van der Waals surface area contributed by atoms with Crippen LogP contribution >= 0.6 is 11.3 Å². The predicted octanol–water partition coefficient (Wildman–Crippen LogP) is 4.15. The van der Waals surface area contributed by atoms with Gasteiger partial charge in [-0.1, -0.05) is 12.1 Å². The Morgan fingerprint density at radius 2 is 1.70 bits per heavy atom. The number of amides is 2. The van der Waals surface area contributed by atoms with Crippen LogP contribution < -0.4 is 4.90 Å². The van der Waals surface area contributed by atoms with Crippen LogP contribution in [0, 0.1) is 0 Å². The molecule has 2 amide bonds. The van der Waals surface area contributed by atoms with Crippen molar-refractivity contribution in [1.29, 1.82) is 0 Å². The van der Waals surface area contributed by atoms with E-state index < -0.39 is 23.6 Å². The van der Waals surface area contributed by atoms with Gasteiger partial charge in [0.15, 0.2) is 0 Å². The largest absolute Gasteiger partial charge is 0.416 e. The number of hydrogen-bond acceptors (Lipinski definition) is 4. The van der Waals surface area contributed by atoms with Crippen LogP contribution in [-0.4, -0.2) is 29.8 Å². The molecule has 2 aromatic rings. The van der Waals surface area contributed by atoms with E-state index in [1.807, 2.05) is 4.90 Å². The summed E-state index contributed by atoms with van der Waals surface area (Å²) < 4.78 is 39.2. The van der Waals surface area contributed by atoms with Gasteiger partial charge in [0.25, 0.3) is 11.8 Å². The van der Waals surface area contributed by atoms with Gasteiger partial charge in [0.2, 0.25) is 0 Å². The van der Waals surface area contributed by atoms with Crippen LogP contribution in [0.15, 0.2) is 47.5 Å². The van der Waals surface area contributed by atoms with Crippen molar-refractivity contribution in [3.8, 4) is 0 Å². The van der Waals surface area contributed by atoms with Crippen molar-refractivity contribution in [1.82, 2.24) is 4.90 Å². The lowest BCUT2D eigenvalue weighted by Gasteiger charge is -2.20. The SMILES string of the molecule is O=C1C(c2cccs2)=C(N2CCCC2)C(=O)N1c1cccc(C(F)(F)F)c1. The maximum absolute atomic E-state index is 13.1. The van der Waals surface area contributed by atoms with E-state index in [4.69, 9.17) is 0 Å². The van der Waals surface area contributed by atoms with Gasteiger partial charge < -0.3 is 4.90 Å². The summed E-state index contributed by atoms with van der Waals surface area (Å²) in [5.74, 6) is -1.15. The molecule has 1 saturated heterocycles. The maximum Gasteiger partial charge on any atom is 0.416 e. The zero-order chi connectivity index (χ0) is 19.2. The van der Waals surface area contributed by atoms with Crippen LogP contribution in [0.2, 0.25) is 0 Å². The second kappa shape index (κ2) is 6.53. The number of likely N-dealkylation sites (tertiary alicyclic amines) is 1. The average Bonchev–Trinajstić information content (AvgIpc) is 3.35. The predicted molar refractivity (Wildman–Crippen MR) is 96.0 cm³/mol. The van der Waals surface area contributed by atoms with Crippen molar-refractivity contribution in [2.45, 2.75) is 19.0 Å². The third kappa shape index (κ3) is 3.03. The number of alkyl halides is 3. The van der Waals surface area contributed by atoms with Gasteiger partial charge in [-0.15, -0.1) is 11.3 Å². The number of rotatable bonds is 3. The molecule has 0 radical (unpaired) electrons. The van der Waals surface area contributed by atoms with Crippen LogP contribution in [0.1, 0.15) is 23.3 Å². The summed E-state index contributed by atoms with van der Waals surface area (Å²) in [5.41, 5.74) is -0.400. The molecule has 0 aliphatic carbocycles. The Kier molecular flexibility index (Phi) is 4.30. The molecule has 1 fully saturated rings. The van der Waals surface area contributed by atoms with Crippen molar-refractivity contribution in [2.75, 3.05) is 18.0 Å². The van der Waals surface area contributed by atoms with Crippen molar-refractivity contribution in [3.63, 3.8) is 0 Å². The van der Waals surface area contributed by atoms with E-state index in [1.165, 1.54) is 23.5 Å². The first-order valence-corrected chi connectivity index (χ1v) is 9.35. The molecule has 4 rings (SSSR count). The number of benzene rings is 1. The molecule has 8 heteroatoms. The van der Waals surface area contributed by atoms with Gasteiger partial charge in [0.1, 0.15) is 5.70 Å². The molecule has 140 valence electrons. The monoisotopic (exact) mass is 392 g/mol. The standard InChI is InChI=1S/C19H15F3N2O2S/c20-19(21,22)12-5-3-6-13(11-12)24-17(25)15(14-7-4-10-27-14)16(18(24)26)23-8-1-2-9-23/h3-7,10-11H,1-2,8-9H2. The molecular weight excluding hydrogens is 377 g/mol. The summed E-state index contributed by atoms with van der Waals surface area (Å²) in [5, 5.41) is 1.80. The number of halogens is 3. The fraction of sp³-hybridized carbons (Fsp3) is 0.263. The minimum atomic E-state index is -4.55. The minimum absolute atomic E-state index is 0.0666. The Bertz CT molecular complexity index is 929. The van der Waals surface area contributed by atoms with Gasteiger partial charge in [0, 0.05) is 18.0 Å². The highest BCUT2D eigenvalue weighted by Gasteiger charge is 2.44. The molecule has 2 aliphatic heterocycles. The lowest BCUT2D eigenvalue weighted by Crippen LogP contribution is -2.34. The van der Waals surface area contributed by atoms with Crippen LogP contribution in [0.3, 0.4) is 0 Å². The van der Waals surface area contributed by atoms with Crippen LogP contribution in [0.4, 0.5) is 18.9 Å². The summed E-state index contributed by atoms with van der Waals surface area (Å²) in [6.45, 7) is 1.30. The number of nitrogens with zero attached hydrogens (tertiary/aromatic N) is 2. The number of thiophene rings is 1. The molecular formula is C19H15F3N2O2S. The van der Waals surface area contributed by atoms with Gasteiger partial charge in [-0.05, 0) is 42.5 Å². The van der Waals surface area contributed by atoms with Crippen LogP contribution in [-0.2, 0) is 15.8 Å². The lowest BCUT2D eigenvalue weighted by molar-refractivity contribution is -0.137. The van der Waals surface area contributed by atoms with Gasteiger partial charge in [-0.25, -0.2) is 4.90 Å². The van der Waals surface area contributed by atoms with Gasteiger partial charge in [0.05, 0.1) is 16.8 Å². The fourth-order valence-corrected chi connectivity index (χ4v) is 4.21. The van der Waals surface area contributed by atoms with E-state index in [0.29, 0.717) is 18.0 Å². The molecule has 2 aliphatic rings. The van der Waals surface area contributed by atoms with Gasteiger partial charge in [-0.3, -0.25) is 9.59 Å². The van der Waals surface area contributed by atoms with Crippen LogP contribution in [0.25, 0.3) is 5.57 Å². The highest BCUT2D eigenvalue weighted by Crippen LogP contribution is 2.39. The Labute approximate surface area is 157 Å². The van der Waals surface area contributed by atoms with E-state index >= 15 is 0 Å². The molecule has 0 N–H and O–H groups in total. The van der Waals surface area contributed by atoms with E-state index in [9.17, 15) is 22.8 Å². The molecule has 0 spiro atoms. The number of anilines is 1. The van der Waals surface area contributed by atoms with Crippen LogP contribution in [0.5, 0.6) is 0 Å². The normalized spacial score (nSPS) is 18.2. The Hall–Kier alpha value is -2.61. The second-order valence-corrected chi connectivity index (χ2v) is 7.34. The number of carbonyl (C=O) groups excluding carboxylic acids is 2. The zero-order valence-corrected chi connectivity index (χ0v) is 14.9. The van der Waals surface area contributed by atoms with Gasteiger partial charge in [-0.2, -0.15) is 13.2 Å². The third-order valence-corrected chi connectivity index (χ3v) is 5.57. The highest BCUT2D eigenvalue weighted by atomic mass is 32.1. The Morgan fingerprint density at radius 1 is 0.963 bits per heavy atom. The van der Waals surface area contributed by atoms with E-state index in [1.54, 1.807) is 17.5 Å². The quantitative estimate of drug-likeness (QED) is 0.737. The van der Waals surface area contributed by atoms with Crippen molar-refractivity contribution >= 4 is 34.4 Å². The summed E-state index contributed by atoms with van der Waals surface area (Å²) >= 11 is 1.33. The minimum Gasteiger partial charge on any atom is -0.366 e. The van der Waals surface area contributed by atoms with E-state index in [-0.39, 0.29) is 17.0 Å². The molecule has 1 aromatic heterocycles. The molecule has 0 unspecified atom stereocenters. The van der Waals surface area contributed by atoms with Gasteiger partial charge >= 0.3 is 6.18 Å². The molecule has 4 nitrogen and oxygen atoms in total. The highest BCUT2D eigenvalue weighted by molar-refractivity contribution is 7.11. The number of hydrogen-bond donors (Lipinski definition) is 0. The molecule has 1 aromatic carbocycles. The summed E-state index contributed by atoms with van der Waals surface area (Å²) in [6.07, 6.45) is -2.73. The first kappa shape index (κ1) is 17.8. The fourth-order valence-electron chi connectivity index (χ4n) is 3.45. The number of carbonyl (C=O) groups is 2. The second-order valence-electron chi connectivity index (χ2n) is 6.39. The molecule has 0 saturated carbocycles. The average molecular weight is 392 g/mol. The first-order chi connectivity index (χ1) is 12.9. The third-order valence-electron chi connectivity index (χ3n) is 4.68. The Morgan fingerprint density at radius 3 is 2.33 bits per heavy atom. The van der Waals surface area contributed by atoms with Crippen molar-refractivity contribution in [3.05, 3.63) is 57.9 Å². The van der Waals surface area contributed by atoms with Crippen molar-refractivity contribution in [2.24, 2.45) is 0 Å². The summed E-state index contributed by atoms with van der Waals surface area (Å²) in [4.78, 5) is 29.6. The molecule has 3 heterocycles. The molecule has 0 atom stereocenters. The number of imide groups is 1. The van der Waals surface area contributed by atoms with Crippen molar-refractivity contribution < 1.29 is 22.8 Å². The topological polar surface area (TPSA) is 40.6 Å². The Balaban J connectivity index is 1.80. The summed E-state index contributed by atoms with van der Waals surface area (Å²) in [6, 6.07) is 7.84. The zero-order valence-electron chi connectivity index (χ0n) is 14.1. The first-order valence-electron chi connectivity index (χ1n) is 8.47. The smallest absolute Gasteiger partial charge is 0.366 e. The van der Waals surface area contributed by atoms with E-state index in [2.05, 4.69) is 0 Å².